The van der Waals surface area contributed by atoms with E-state index < -0.39 is 0 Å². The number of piperidine rings is 1. The van der Waals surface area contributed by atoms with E-state index in [2.05, 4.69) is 43.3 Å². The molecule has 7 heteroatoms. The van der Waals surface area contributed by atoms with Crippen LogP contribution in [0.5, 0.6) is 5.75 Å². The van der Waals surface area contributed by atoms with Crippen molar-refractivity contribution in [3.8, 4) is 5.75 Å². The lowest BCUT2D eigenvalue weighted by atomic mass is 9.98. The number of nitrogens with one attached hydrogen (secondary N) is 1. The second kappa shape index (κ2) is 11.3. The van der Waals surface area contributed by atoms with Crippen LogP contribution in [0.25, 0.3) is 0 Å². The van der Waals surface area contributed by atoms with Crippen molar-refractivity contribution in [1.29, 1.82) is 0 Å². The average Bonchev–Trinajstić information content (AvgIpc) is 3.11. The van der Waals surface area contributed by atoms with Gasteiger partial charge < -0.3 is 15.0 Å². The summed E-state index contributed by atoms with van der Waals surface area (Å²) >= 11 is 0. The van der Waals surface area contributed by atoms with Crippen LogP contribution < -0.4 is 15.0 Å². The van der Waals surface area contributed by atoms with Gasteiger partial charge in [0.1, 0.15) is 11.9 Å². The summed E-state index contributed by atoms with van der Waals surface area (Å²) < 4.78 is 6.40. The van der Waals surface area contributed by atoms with E-state index in [1.165, 1.54) is 0 Å². The number of aromatic nitrogens is 2. The molecule has 1 fully saturated rings. The summed E-state index contributed by atoms with van der Waals surface area (Å²) in [5.74, 6) is 2.22. The topological polar surface area (TPSA) is 70.6 Å². The highest BCUT2D eigenvalue weighted by Crippen LogP contribution is 2.31. The fourth-order valence-corrected chi connectivity index (χ4v) is 4.97. The van der Waals surface area contributed by atoms with Gasteiger partial charge in [-0.15, -0.1) is 0 Å². The van der Waals surface area contributed by atoms with Crippen molar-refractivity contribution in [3.05, 3.63) is 84.2 Å². The second-order valence-electron chi connectivity index (χ2n) is 9.42. The lowest BCUT2D eigenvalue weighted by Crippen LogP contribution is -2.42. The average molecular weight is 472 g/mol. The molecule has 2 aromatic carbocycles. The highest BCUT2D eigenvalue weighted by molar-refractivity contribution is 5.76. The summed E-state index contributed by atoms with van der Waals surface area (Å²) in [5.41, 5.74) is 2.32. The van der Waals surface area contributed by atoms with Crippen molar-refractivity contribution in [3.63, 3.8) is 0 Å². The smallest absolute Gasteiger partial charge is 0.225 e. The van der Waals surface area contributed by atoms with Gasteiger partial charge in [-0.1, -0.05) is 48.5 Å². The second-order valence-corrected chi connectivity index (χ2v) is 9.42. The third kappa shape index (κ3) is 6.17. The Morgan fingerprint density at radius 2 is 1.80 bits per heavy atom. The van der Waals surface area contributed by atoms with Gasteiger partial charge in [0.15, 0.2) is 0 Å². The van der Waals surface area contributed by atoms with Gasteiger partial charge in [0.2, 0.25) is 11.9 Å². The molecule has 0 unspecified atom stereocenters. The fourth-order valence-electron chi connectivity index (χ4n) is 4.97. The lowest BCUT2D eigenvalue weighted by molar-refractivity contribution is -0.121. The molecule has 2 aliphatic heterocycles. The molecule has 1 aromatic heterocycles. The van der Waals surface area contributed by atoms with E-state index in [0.29, 0.717) is 25.4 Å². The van der Waals surface area contributed by atoms with E-state index in [1.807, 2.05) is 42.5 Å². The van der Waals surface area contributed by atoms with Crippen LogP contribution in [0.1, 0.15) is 36.5 Å². The van der Waals surface area contributed by atoms with Gasteiger partial charge in [-0.25, -0.2) is 9.97 Å². The van der Waals surface area contributed by atoms with Crippen LogP contribution in [0.15, 0.2) is 73.1 Å². The Hall–Kier alpha value is -3.45. The van der Waals surface area contributed by atoms with Gasteiger partial charge in [-0.2, -0.15) is 0 Å². The van der Waals surface area contributed by atoms with E-state index in [0.717, 1.165) is 61.8 Å². The van der Waals surface area contributed by atoms with Gasteiger partial charge in [0, 0.05) is 63.6 Å². The molecule has 7 nitrogen and oxygen atoms in total. The number of fused-ring (bicyclic) bond motifs is 1. The van der Waals surface area contributed by atoms with Crippen molar-refractivity contribution in [2.75, 3.05) is 37.6 Å². The van der Waals surface area contributed by atoms with Crippen LogP contribution in [0.4, 0.5) is 5.95 Å². The molecule has 0 saturated carbocycles. The molecule has 35 heavy (non-hydrogen) atoms. The number of hydrogen-bond donors (Lipinski definition) is 1. The summed E-state index contributed by atoms with van der Waals surface area (Å²) in [6.45, 7) is 4.77. The number of carbonyl (C=O) groups excluding carboxylic acids is 1. The molecule has 3 heterocycles. The monoisotopic (exact) mass is 471 g/mol. The molecular weight excluding hydrogens is 438 g/mol. The zero-order valence-corrected chi connectivity index (χ0v) is 20.1. The number of rotatable bonds is 7. The van der Waals surface area contributed by atoms with Crippen molar-refractivity contribution >= 4 is 11.9 Å². The number of benzene rings is 2. The van der Waals surface area contributed by atoms with Gasteiger partial charge in [0.05, 0.1) is 0 Å². The maximum atomic E-state index is 12.8. The molecule has 3 aromatic rings. The van der Waals surface area contributed by atoms with Crippen LogP contribution in [-0.4, -0.2) is 53.5 Å². The third-order valence-electron chi connectivity index (χ3n) is 6.83. The third-order valence-corrected chi connectivity index (χ3v) is 6.83. The van der Waals surface area contributed by atoms with Gasteiger partial charge in [-0.05, 0) is 36.5 Å². The first-order valence-corrected chi connectivity index (χ1v) is 12.5. The number of nitrogens with zero attached hydrogens (tertiary/aromatic N) is 4. The Kier molecular flexibility index (Phi) is 7.53. The Bertz CT molecular complexity index is 1090. The number of ether oxygens (including phenoxy) is 1. The minimum Gasteiger partial charge on any atom is -0.484 e. The molecular formula is C28H33N5O2. The molecule has 1 N–H and O–H groups in total. The Morgan fingerprint density at radius 3 is 2.66 bits per heavy atom. The van der Waals surface area contributed by atoms with Gasteiger partial charge >= 0.3 is 0 Å². The van der Waals surface area contributed by atoms with E-state index in [1.54, 1.807) is 12.4 Å². The van der Waals surface area contributed by atoms with E-state index in [-0.39, 0.29) is 12.0 Å². The van der Waals surface area contributed by atoms with E-state index in [9.17, 15) is 4.79 Å². The van der Waals surface area contributed by atoms with Gasteiger partial charge in [-0.3, -0.25) is 9.69 Å². The molecule has 0 aliphatic carbocycles. The molecule has 2 aliphatic rings. The fraction of sp³-hybridized carbons (Fsp3) is 0.393. The van der Waals surface area contributed by atoms with Crippen molar-refractivity contribution in [2.45, 2.75) is 31.9 Å². The zero-order chi connectivity index (χ0) is 23.9. The molecule has 182 valence electrons. The standard InChI is InChI=1S/C28H33N5O2/c34-27(31-18-22-8-6-16-33(19-22)28-29-14-7-15-30-28)13-17-32-20-24-11-4-5-12-25(24)35-26(21-32)23-9-2-1-3-10-23/h1-5,7,9-12,14-15,22,26H,6,8,13,16-21H2,(H,31,34)/t22-,26+/m1/s1. The number of para-hydroxylation sites is 1. The highest BCUT2D eigenvalue weighted by Gasteiger charge is 2.25. The molecule has 0 bridgehead atoms. The van der Waals surface area contributed by atoms with Gasteiger partial charge in [0.25, 0.3) is 0 Å². The van der Waals surface area contributed by atoms with Crippen molar-refractivity contribution < 1.29 is 9.53 Å². The quantitative estimate of drug-likeness (QED) is 0.565. The van der Waals surface area contributed by atoms with E-state index >= 15 is 0 Å². The SMILES string of the molecule is O=C(CCN1Cc2ccccc2O[C@H](c2ccccc2)C1)NC[C@H]1CCCN(c2ncccn2)C1. The van der Waals surface area contributed by atoms with Crippen LogP contribution >= 0.6 is 0 Å². The predicted molar refractivity (Wildman–Crippen MR) is 136 cm³/mol. The maximum absolute atomic E-state index is 12.8. The first-order valence-electron chi connectivity index (χ1n) is 12.5. The molecule has 0 radical (unpaired) electrons. The van der Waals surface area contributed by atoms with E-state index in [4.69, 9.17) is 4.74 Å². The van der Waals surface area contributed by atoms with Crippen molar-refractivity contribution in [2.24, 2.45) is 5.92 Å². The zero-order valence-electron chi connectivity index (χ0n) is 20.1. The molecule has 1 amide bonds. The summed E-state index contributed by atoms with van der Waals surface area (Å²) in [6, 6.07) is 20.4. The van der Waals surface area contributed by atoms with Crippen LogP contribution in [0, 0.1) is 5.92 Å². The highest BCUT2D eigenvalue weighted by atomic mass is 16.5. The maximum Gasteiger partial charge on any atom is 0.225 e. The molecule has 1 saturated heterocycles. The van der Waals surface area contributed by atoms with Crippen molar-refractivity contribution in [1.82, 2.24) is 20.2 Å². The first-order chi connectivity index (χ1) is 17.2. The minimum atomic E-state index is -0.0589. The number of carbonyl (C=O) groups is 1. The van der Waals surface area contributed by atoms with Crippen LogP contribution in [-0.2, 0) is 11.3 Å². The largest absolute Gasteiger partial charge is 0.484 e. The summed E-state index contributed by atoms with van der Waals surface area (Å²) in [6.07, 6.45) is 6.18. The molecule has 5 rings (SSSR count). The minimum absolute atomic E-state index is 0.0589. The predicted octanol–water partition coefficient (Wildman–Crippen LogP) is 3.84. The number of hydrogen-bond acceptors (Lipinski definition) is 6. The molecule has 0 spiro atoms. The number of amides is 1. The van der Waals surface area contributed by atoms with Crippen LogP contribution in [0.2, 0.25) is 0 Å². The first kappa shape index (κ1) is 23.3. The summed E-state index contributed by atoms with van der Waals surface area (Å²) in [4.78, 5) is 26.1. The normalized spacial score (nSPS) is 20.4. The summed E-state index contributed by atoms with van der Waals surface area (Å²) in [5, 5.41) is 3.18. The number of anilines is 1. The Labute approximate surface area is 207 Å². The molecule has 2 atom stereocenters. The Morgan fingerprint density at radius 1 is 1.00 bits per heavy atom. The summed E-state index contributed by atoms with van der Waals surface area (Å²) in [7, 11) is 0. The lowest BCUT2D eigenvalue weighted by Gasteiger charge is -2.32. The Balaban J connectivity index is 1.14. The van der Waals surface area contributed by atoms with Crippen LogP contribution in [0.3, 0.4) is 0 Å².